The monoisotopic (exact) mass is 196 g/mol. The zero-order chi connectivity index (χ0) is 9.52. The summed E-state index contributed by atoms with van der Waals surface area (Å²) < 4.78 is 5.44. The van der Waals surface area contributed by atoms with Gasteiger partial charge in [0.25, 0.3) is 0 Å². The molecule has 0 fully saturated rings. The first kappa shape index (κ1) is 10.1. The Morgan fingerprint density at radius 1 is 1.38 bits per heavy atom. The highest BCUT2D eigenvalue weighted by molar-refractivity contribution is 6.19. The molecule has 0 aliphatic carbocycles. The highest BCUT2D eigenvalue weighted by Crippen LogP contribution is 2.19. The fourth-order valence-corrected chi connectivity index (χ4v) is 1.17. The van der Waals surface area contributed by atoms with Gasteiger partial charge in [-0.2, -0.15) is 0 Å². The van der Waals surface area contributed by atoms with Crippen molar-refractivity contribution in [2.24, 2.45) is 0 Å². The van der Waals surface area contributed by atoms with E-state index in [1.807, 2.05) is 43.3 Å². The molecular formula is C11H13ClO. The third-order valence-corrected chi connectivity index (χ3v) is 1.78. The number of halogens is 1. The standard InChI is InChI=1S/C11H13ClO/c1-2-13-11-8-4-3-6-10(11)7-5-9-12/h3-8H,2,9H2,1H3. The van der Waals surface area contributed by atoms with E-state index in [1.165, 1.54) is 0 Å². The van der Waals surface area contributed by atoms with Crippen molar-refractivity contribution in [3.05, 3.63) is 35.9 Å². The quantitative estimate of drug-likeness (QED) is 0.672. The van der Waals surface area contributed by atoms with Crippen molar-refractivity contribution in [1.29, 1.82) is 0 Å². The minimum Gasteiger partial charge on any atom is -0.493 e. The molecule has 70 valence electrons. The van der Waals surface area contributed by atoms with Crippen LogP contribution >= 0.6 is 11.6 Å². The minimum atomic E-state index is 0.528. The number of benzene rings is 1. The summed E-state index contributed by atoms with van der Waals surface area (Å²) >= 11 is 5.55. The summed E-state index contributed by atoms with van der Waals surface area (Å²) in [5.41, 5.74) is 1.07. The molecule has 1 aromatic carbocycles. The van der Waals surface area contributed by atoms with Gasteiger partial charge in [-0.3, -0.25) is 0 Å². The average molecular weight is 197 g/mol. The molecule has 0 amide bonds. The SMILES string of the molecule is CCOc1ccccc1C=CCCl. The molecule has 1 nitrogen and oxygen atoms in total. The predicted molar refractivity (Wildman–Crippen MR) is 57.4 cm³/mol. The Morgan fingerprint density at radius 3 is 2.85 bits per heavy atom. The Hall–Kier alpha value is -0.950. The molecule has 0 unspecified atom stereocenters. The number of rotatable bonds is 4. The maximum absolute atomic E-state index is 5.55. The van der Waals surface area contributed by atoms with E-state index < -0.39 is 0 Å². The molecule has 0 spiro atoms. The topological polar surface area (TPSA) is 9.23 Å². The maximum Gasteiger partial charge on any atom is 0.126 e. The van der Waals surface area contributed by atoms with Gasteiger partial charge in [-0.05, 0) is 13.0 Å². The Kier molecular flexibility index (Phi) is 4.41. The van der Waals surface area contributed by atoms with E-state index in [9.17, 15) is 0 Å². The van der Waals surface area contributed by atoms with Crippen LogP contribution in [0, 0.1) is 0 Å². The molecule has 0 radical (unpaired) electrons. The summed E-state index contributed by atoms with van der Waals surface area (Å²) in [6.45, 7) is 2.66. The molecular weight excluding hydrogens is 184 g/mol. The summed E-state index contributed by atoms with van der Waals surface area (Å²) in [5, 5.41) is 0. The summed E-state index contributed by atoms with van der Waals surface area (Å²) in [4.78, 5) is 0. The fraction of sp³-hybridized carbons (Fsp3) is 0.273. The van der Waals surface area contributed by atoms with Crippen molar-refractivity contribution in [3.63, 3.8) is 0 Å². The highest BCUT2D eigenvalue weighted by atomic mass is 35.5. The Bertz CT molecular complexity index is 281. The highest BCUT2D eigenvalue weighted by Gasteiger charge is 1.96. The number of alkyl halides is 1. The van der Waals surface area contributed by atoms with Crippen LogP contribution in [-0.4, -0.2) is 12.5 Å². The van der Waals surface area contributed by atoms with Gasteiger partial charge in [0.15, 0.2) is 0 Å². The van der Waals surface area contributed by atoms with E-state index >= 15 is 0 Å². The van der Waals surface area contributed by atoms with Crippen molar-refractivity contribution in [1.82, 2.24) is 0 Å². The van der Waals surface area contributed by atoms with E-state index in [4.69, 9.17) is 16.3 Å². The largest absolute Gasteiger partial charge is 0.493 e. The number of para-hydroxylation sites is 1. The van der Waals surface area contributed by atoms with E-state index in [1.54, 1.807) is 0 Å². The Morgan fingerprint density at radius 2 is 2.15 bits per heavy atom. The molecule has 0 aromatic heterocycles. The number of ether oxygens (including phenoxy) is 1. The number of hydrogen-bond donors (Lipinski definition) is 0. The van der Waals surface area contributed by atoms with Gasteiger partial charge in [-0.1, -0.05) is 30.4 Å². The van der Waals surface area contributed by atoms with E-state index in [-0.39, 0.29) is 0 Å². The van der Waals surface area contributed by atoms with Crippen LogP contribution in [0.1, 0.15) is 12.5 Å². The molecule has 2 heteroatoms. The van der Waals surface area contributed by atoms with Crippen molar-refractivity contribution in [2.75, 3.05) is 12.5 Å². The first-order valence-corrected chi connectivity index (χ1v) is 4.86. The lowest BCUT2D eigenvalue weighted by Gasteiger charge is -2.05. The van der Waals surface area contributed by atoms with Crippen LogP contribution in [0.5, 0.6) is 5.75 Å². The van der Waals surface area contributed by atoms with Gasteiger partial charge in [-0.25, -0.2) is 0 Å². The smallest absolute Gasteiger partial charge is 0.126 e. The molecule has 1 rings (SSSR count). The number of hydrogen-bond acceptors (Lipinski definition) is 1. The second-order valence-electron chi connectivity index (χ2n) is 2.53. The normalized spacial score (nSPS) is 10.6. The molecule has 0 atom stereocenters. The molecule has 0 heterocycles. The van der Waals surface area contributed by atoms with Gasteiger partial charge in [0.05, 0.1) is 6.61 Å². The van der Waals surface area contributed by atoms with Crippen molar-refractivity contribution in [3.8, 4) is 5.75 Å². The molecule has 0 aliphatic heterocycles. The zero-order valence-electron chi connectivity index (χ0n) is 7.66. The van der Waals surface area contributed by atoms with E-state index in [0.29, 0.717) is 12.5 Å². The van der Waals surface area contributed by atoms with Crippen LogP contribution in [0.2, 0.25) is 0 Å². The lowest BCUT2D eigenvalue weighted by Crippen LogP contribution is -1.93. The van der Waals surface area contributed by atoms with Crippen molar-refractivity contribution >= 4 is 17.7 Å². The van der Waals surface area contributed by atoms with Gasteiger partial charge in [0.1, 0.15) is 5.75 Å². The number of allylic oxidation sites excluding steroid dienone is 1. The third-order valence-electron chi connectivity index (χ3n) is 1.61. The molecule has 0 aliphatic rings. The summed E-state index contributed by atoms with van der Waals surface area (Å²) in [6.07, 6.45) is 3.87. The summed E-state index contributed by atoms with van der Waals surface area (Å²) in [5.74, 6) is 1.44. The fourth-order valence-electron chi connectivity index (χ4n) is 1.08. The molecule has 13 heavy (non-hydrogen) atoms. The van der Waals surface area contributed by atoms with Crippen LogP contribution in [0.3, 0.4) is 0 Å². The van der Waals surface area contributed by atoms with E-state index in [0.717, 1.165) is 11.3 Å². The van der Waals surface area contributed by atoms with Gasteiger partial charge < -0.3 is 4.74 Å². The summed E-state index contributed by atoms with van der Waals surface area (Å²) in [6, 6.07) is 7.91. The van der Waals surface area contributed by atoms with Gasteiger partial charge in [0, 0.05) is 11.4 Å². The van der Waals surface area contributed by atoms with Crippen LogP contribution in [0.25, 0.3) is 6.08 Å². The van der Waals surface area contributed by atoms with E-state index in [2.05, 4.69) is 0 Å². The first-order valence-electron chi connectivity index (χ1n) is 4.32. The Labute approximate surface area is 84.0 Å². The van der Waals surface area contributed by atoms with Crippen molar-refractivity contribution in [2.45, 2.75) is 6.92 Å². The van der Waals surface area contributed by atoms with Gasteiger partial charge in [-0.15, -0.1) is 11.6 Å². The second kappa shape index (κ2) is 5.65. The van der Waals surface area contributed by atoms with Crippen LogP contribution in [0.15, 0.2) is 30.3 Å². The maximum atomic E-state index is 5.55. The van der Waals surface area contributed by atoms with Crippen LogP contribution < -0.4 is 4.74 Å². The lowest BCUT2D eigenvalue weighted by atomic mass is 10.2. The van der Waals surface area contributed by atoms with Crippen LogP contribution in [0.4, 0.5) is 0 Å². The lowest BCUT2D eigenvalue weighted by molar-refractivity contribution is 0.339. The predicted octanol–water partition coefficient (Wildman–Crippen LogP) is 3.34. The molecule has 0 bridgehead atoms. The Balaban J connectivity index is 2.84. The molecule has 0 N–H and O–H groups in total. The summed E-state index contributed by atoms with van der Waals surface area (Å²) in [7, 11) is 0. The zero-order valence-corrected chi connectivity index (χ0v) is 8.42. The van der Waals surface area contributed by atoms with Gasteiger partial charge >= 0.3 is 0 Å². The van der Waals surface area contributed by atoms with Crippen LogP contribution in [-0.2, 0) is 0 Å². The average Bonchev–Trinajstić information content (AvgIpc) is 2.17. The molecule has 0 saturated carbocycles. The second-order valence-corrected chi connectivity index (χ2v) is 2.84. The van der Waals surface area contributed by atoms with Crippen molar-refractivity contribution < 1.29 is 4.74 Å². The minimum absolute atomic E-state index is 0.528. The molecule has 1 aromatic rings. The van der Waals surface area contributed by atoms with Gasteiger partial charge in [0.2, 0.25) is 0 Å². The third kappa shape index (κ3) is 3.11. The molecule has 0 saturated heterocycles. The first-order chi connectivity index (χ1) is 6.38.